The summed E-state index contributed by atoms with van der Waals surface area (Å²) in [6.45, 7) is 0. The smallest absolute Gasteiger partial charge is 0.220 e. The maximum Gasteiger partial charge on any atom is 0.220 e. The number of nitrogens with zero attached hydrogens (tertiary/aromatic N) is 3. The molecule has 4 nitrogen and oxygen atoms in total. The molecule has 0 N–H and O–H groups in total. The van der Waals surface area contributed by atoms with Crippen LogP contribution in [0.3, 0.4) is 0 Å². The lowest BCUT2D eigenvalue weighted by Gasteiger charge is -2.33. The van der Waals surface area contributed by atoms with Gasteiger partial charge in [-0.15, -0.1) is 0 Å². The minimum Gasteiger partial charge on any atom is -0.333 e. The van der Waals surface area contributed by atoms with E-state index in [2.05, 4.69) is 9.97 Å². The van der Waals surface area contributed by atoms with E-state index in [1.54, 1.807) is 53.7 Å². The Morgan fingerprint density at radius 3 is 2.39 bits per heavy atom. The van der Waals surface area contributed by atoms with Gasteiger partial charge in [-0.3, -0.25) is 4.98 Å². The second-order valence-electron chi connectivity index (χ2n) is 6.21. The Bertz CT molecular complexity index is 1060. The molecular formula is C22H15F2N3O. The summed E-state index contributed by atoms with van der Waals surface area (Å²) in [5.41, 5.74) is 2.64. The first-order chi connectivity index (χ1) is 13.7. The lowest BCUT2D eigenvalue weighted by atomic mass is 9.92. The Morgan fingerprint density at radius 1 is 0.929 bits per heavy atom. The lowest BCUT2D eigenvalue weighted by Crippen LogP contribution is -2.36. The van der Waals surface area contributed by atoms with Crippen molar-refractivity contribution in [2.45, 2.75) is 6.04 Å². The van der Waals surface area contributed by atoms with Gasteiger partial charge in [-0.1, -0.05) is 6.07 Å². The molecule has 4 rings (SSSR count). The third-order valence-electron chi connectivity index (χ3n) is 4.49. The first-order valence-corrected chi connectivity index (χ1v) is 8.62. The second-order valence-corrected chi connectivity index (χ2v) is 6.21. The van der Waals surface area contributed by atoms with Crippen LogP contribution in [0.4, 0.5) is 14.5 Å². The fourth-order valence-electron chi connectivity index (χ4n) is 3.17. The topological polar surface area (TPSA) is 46.1 Å². The molecule has 3 heterocycles. The van der Waals surface area contributed by atoms with Gasteiger partial charge in [-0.2, -0.15) is 4.39 Å². The lowest BCUT2D eigenvalue weighted by molar-refractivity contribution is -0.107. The number of hydrogen-bond donors (Lipinski definition) is 0. The third kappa shape index (κ3) is 3.32. The van der Waals surface area contributed by atoms with Gasteiger partial charge >= 0.3 is 0 Å². The highest BCUT2D eigenvalue weighted by molar-refractivity contribution is 5.98. The average molecular weight is 375 g/mol. The Hall–Kier alpha value is -3.67. The Kier molecular flexibility index (Phi) is 4.76. The molecule has 138 valence electrons. The molecule has 0 amide bonds. The molecular weight excluding hydrogens is 360 g/mol. The molecule has 3 aromatic rings. The minimum absolute atomic E-state index is 0.230. The van der Waals surface area contributed by atoms with E-state index in [0.717, 1.165) is 6.29 Å². The van der Waals surface area contributed by atoms with Crippen molar-refractivity contribution in [3.05, 3.63) is 102 Å². The number of pyridine rings is 2. The van der Waals surface area contributed by atoms with Gasteiger partial charge in [-0.25, -0.2) is 9.37 Å². The number of aromatic nitrogens is 2. The van der Waals surface area contributed by atoms with E-state index in [9.17, 15) is 13.6 Å². The third-order valence-corrected chi connectivity index (χ3v) is 4.49. The van der Waals surface area contributed by atoms with Gasteiger partial charge in [0.05, 0.1) is 5.69 Å². The molecule has 0 spiro atoms. The van der Waals surface area contributed by atoms with Gasteiger partial charge < -0.3 is 9.69 Å². The fourth-order valence-corrected chi connectivity index (χ4v) is 3.17. The number of benzene rings is 1. The molecule has 0 radical (unpaired) electrons. The minimum atomic E-state index is -0.795. The summed E-state index contributed by atoms with van der Waals surface area (Å²) in [5.74, 6) is -1.05. The Labute approximate surface area is 160 Å². The average Bonchev–Trinajstić information content (AvgIpc) is 2.74. The second kappa shape index (κ2) is 7.52. The summed E-state index contributed by atoms with van der Waals surface area (Å²) in [5, 5.41) is 0. The zero-order valence-corrected chi connectivity index (χ0v) is 14.7. The molecule has 2 aromatic heterocycles. The van der Waals surface area contributed by atoms with Crippen molar-refractivity contribution >= 4 is 23.1 Å². The van der Waals surface area contributed by atoms with Crippen LogP contribution in [0.2, 0.25) is 0 Å². The molecule has 0 saturated heterocycles. The number of anilines is 1. The summed E-state index contributed by atoms with van der Waals surface area (Å²) in [7, 11) is 0. The summed E-state index contributed by atoms with van der Waals surface area (Å²) in [6.07, 6.45) is 7.23. The Balaban J connectivity index is 1.90. The molecule has 6 heteroatoms. The molecule has 1 unspecified atom stereocenters. The van der Waals surface area contributed by atoms with Gasteiger partial charge in [0.15, 0.2) is 0 Å². The number of carbonyl (C=O) groups excluding carboxylic acids is 1. The molecule has 1 aliphatic heterocycles. The van der Waals surface area contributed by atoms with Crippen LogP contribution in [0.15, 0.2) is 79.3 Å². The number of aldehydes is 1. The summed E-state index contributed by atoms with van der Waals surface area (Å²) < 4.78 is 27.8. The van der Waals surface area contributed by atoms with Crippen LogP contribution in [-0.4, -0.2) is 22.3 Å². The van der Waals surface area contributed by atoms with E-state index in [0.29, 0.717) is 22.5 Å². The van der Waals surface area contributed by atoms with E-state index in [1.807, 2.05) is 12.1 Å². The van der Waals surface area contributed by atoms with Crippen molar-refractivity contribution in [1.82, 2.24) is 9.97 Å². The normalized spacial score (nSPS) is 16.4. The highest BCUT2D eigenvalue weighted by Crippen LogP contribution is 2.35. The van der Waals surface area contributed by atoms with E-state index in [4.69, 9.17) is 0 Å². The van der Waals surface area contributed by atoms with E-state index in [-0.39, 0.29) is 11.4 Å². The van der Waals surface area contributed by atoms with Gasteiger partial charge in [0.2, 0.25) is 5.95 Å². The monoisotopic (exact) mass is 375 g/mol. The van der Waals surface area contributed by atoms with E-state index in [1.165, 1.54) is 18.3 Å². The highest BCUT2D eigenvalue weighted by Gasteiger charge is 2.29. The predicted molar refractivity (Wildman–Crippen MR) is 103 cm³/mol. The van der Waals surface area contributed by atoms with Gasteiger partial charge in [0.1, 0.15) is 18.1 Å². The summed E-state index contributed by atoms with van der Waals surface area (Å²) in [4.78, 5) is 21.7. The standard InChI is InChI=1S/C22H15F2N3O/c23-16-6-8-17(9-7-16)27-13-15(20-5-1-2-10-25-20)12-19(21(27)14-28)18-4-3-11-26-22(18)24/h1-14,21H. The zero-order valence-electron chi connectivity index (χ0n) is 14.7. The van der Waals surface area contributed by atoms with Crippen LogP contribution in [-0.2, 0) is 4.79 Å². The van der Waals surface area contributed by atoms with Gasteiger partial charge in [0.25, 0.3) is 0 Å². The van der Waals surface area contributed by atoms with Gasteiger partial charge in [0, 0.05) is 35.4 Å². The van der Waals surface area contributed by atoms with Crippen molar-refractivity contribution in [2.75, 3.05) is 4.90 Å². The maximum absolute atomic E-state index is 14.4. The van der Waals surface area contributed by atoms with Crippen LogP contribution in [0.5, 0.6) is 0 Å². The van der Waals surface area contributed by atoms with Crippen molar-refractivity contribution < 1.29 is 13.6 Å². The Morgan fingerprint density at radius 2 is 1.71 bits per heavy atom. The molecule has 0 fully saturated rings. The van der Waals surface area contributed by atoms with Crippen molar-refractivity contribution in [2.24, 2.45) is 0 Å². The molecule has 1 aliphatic rings. The van der Waals surface area contributed by atoms with Crippen LogP contribution in [0.1, 0.15) is 11.3 Å². The molecule has 1 atom stereocenters. The van der Waals surface area contributed by atoms with Crippen LogP contribution >= 0.6 is 0 Å². The van der Waals surface area contributed by atoms with Gasteiger partial charge in [-0.05, 0) is 60.2 Å². The first kappa shape index (κ1) is 17.7. The quantitative estimate of drug-likeness (QED) is 0.505. The van der Waals surface area contributed by atoms with E-state index < -0.39 is 12.0 Å². The van der Waals surface area contributed by atoms with Crippen LogP contribution in [0, 0.1) is 11.8 Å². The van der Waals surface area contributed by atoms with Crippen molar-refractivity contribution in [3.63, 3.8) is 0 Å². The van der Waals surface area contributed by atoms with Crippen molar-refractivity contribution in [3.8, 4) is 0 Å². The molecule has 0 saturated carbocycles. The molecule has 1 aromatic carbocycles. The molecule has 0 bridgehead atoms. The van der Waals surface area contributed by atoms with Crippen molar-refractivity contribution in [1.29, 1.82) is 0 Å². The number of carbonyl (C=O) groups is 1. The van der Waals surface area contributed by atoms with Crippen LogP contribution in [0.25, 0.3) is 11.1 Å². The predicted octanol–water partition coefficient (Wildman–Crippen LogP) is 4.27. The number of rotatable bonds is 4. The first-order valence-electron chi connectivity index (χ1n) is 8.62. The van der Waals surface area contributed by atoms with E-state index >= 15 is 0 Å². The largest absolute Gasteiger partial charge is 0.333 e. The number of hydrogen-bond acceptors (Lipinski definition) is 4. The summed E-state index contributed by atoms with van der Waals surface area (Å²) in [6, 6.07) is 13.6. The molecule has 0 aliphatic carbocycles. The summed E-state index contributed by atoms with van der Waals surface area (Å²) >= 11 is 0. The molecule has 28 heavy (non-hydrogen) atoms. The SMILES string of the molecule is O=CC1C(c2cccnc2F)=CC(c2ccccn2)=CN1c1ccc(F)cc1. The number of halogens is 2. The highest BCUT2D eigenvalue weighted by atomic mass is 19.1. The van der Waals surface area contributed by atoms with Crippen LogP contribution < -0.4 is 4.90 Å². The number of allylic oxidation sites excluding steroid dienone is 2. The maximum atomic E-state index is 14.4. The zero-order chi connectivity index (χ0) is 19.5. The fraction of sp³-hybridized carbons (Fsp3) is 0.0455.